The maximum absolute atomic E-state index is 12.9. The summed E-state index contributed by atoms with van der Waals surface area (Å²) in [7, 11) is 0. The molecule has 0 spiro atoms. The molecule has 0 heterocycles. The quantitative estimate of drug-likeness (QED) is 0.388. The van der Waals surface area contributed by atoms with E-state index in [2.05, 4.69) is 41.7 Å². The number of fused-ring (bicyclic) bond motifs is 3. The fourth-order valence-electron chi connectivity index (χ4n) is 5.76. The zero-order chi connectivity index (χ0) is 26.0. The van der Waals surface area contributed by atoms with Gasteiger partial charge in [0.15, 0.2) is 0 Å². The average Bonchev–Trinajstić information content (AvgIpc) is 3.22. The van der Waals surface area contributed by atoms with Crippen LogP contribution in [0.5, 0.6) is 5.75 Å². The number of benzene rings is 3. The Hall–Kier alpha value is -3.80. The monoisotopic (exact) mass is 499 g/mol. The lowest BCUT2D eigenvalue weighted by atomic mass is 9.74. The molecule has 192 valence electrons. The Bertz CT molecular complexity index is 1230. The zero-order valence-corrected chi connectivity index (χ0v) is 21.3. The molecule has 0 saturated heterocycles. The molecule has 0 aliphatic heterocycles. The van der Waals surface area contributed by atoms with E-state index in [1.165, 1.54) is 0 Å². The predicted molar refractivity (Wildman–Crippen MR) is 142 cm³/mol. The van der Waals surface area contributed by atoms with Gasteiger partial charge in [0.25, 0.3) is 0 Å². The molecule has 0 bridgehead atoms. The zero-order valence-electron chi connectivity index (χ0n) is 21.3. The number of carbonyl (C=O) groups is 2. The topological polar surface area (TPSA) is 84.9 Å². The van der Waals surface area contributed by atoms with Gasteiger partial charge in [-0.25, -0.2) is 9.59 Å². The summed E-state index contributed by atoms with van der Waals surface area (Å²) in [5.41, 5.74) is 4.38. The lowest BCUT2D eigenvalue weighted by Gasteiger charge is -2.37. The maximum Gasteiger partial charge on any atom is 0.408 e. The minimum Gasteiger partial charge on any atom is -0.491 e. The summed E-state index contributed by atoms with van der Waals surface area (Å²) in [6.45, 7) is 4.14. The summed E-state index contributed by atoms with van der Waals surface area (Å²) in [4.78, 5) is 25.2. The van der Waals surface area contributed by atoms with Crippen molar-refractivity contribution in [1.82, 2.24) is 5.32 Å². The van der Waals surface area contributed by atoms with Gasteiger partial charge >= 0.3 is 12.1 Å². The number of hydrogen-bond acceptors (Lipinski definition) is 4. The number of amides is 1. The molecule has 2 aliphatic carbocycles. The van der Waals surface area contributed by atoms with Gasteiger partial charge in [-0.15, -0.1) is 0 Å². The first kappa shape index (κ1) is 24.9. The Labute approximate surface area is 217 Å². The van der Waals surface area contributed by atoms with Crippen LogP contribution in [0.2, 0.25) is 0 Å². The highest BCUT2D eigenvalue weighted by Gasteiger charge is 2.44. The standard InChI is InChI=1S/C31H33NO5/c1-20(2)37-23-13-11-21(12-14-23)22-15-17-31(18-16-22,29(33)34)32-30(35)36-19-28-26-9-5-3-7-24(26)25-8-4-6-10-27(25)28/h3-14,20,22,28H,15-19H2,1-2H3,(H,32,35)(H,33,34). The first-order chi connectivity index (χ1) is 17.9. The number of hydrogen-bond donors (Lipinski definition) is 2. The van der Waals surface area contributed by atoms with Crippen LogP contribution in [-0.4, -0.2) is 35.4 Å². The summed E-state index contributed by atoms with van der Waals surface area (Å²) in [6, 6.07) is 24.3. The minimum atomic E-state index is -1.32. The third-order valence-electron chi connectivity index (χ3n) is 7.66. The fraction of sp³-hybridized carbons (Fsp3) is 0.355. The molecule has 6 nitrogen and oxygen atoms in total. The lowest BCUT2D eigenvalue weighted by Crippen LogP contribution is -2.56. The number of rotatable bonds is 7. The van der Waals surface area contributed by atoms with Gasteiger partial charge in [-0.1, -0.05) is 60.7 Å². The Morgan fingerprint density at radius 3 is 2.03 bits per heavy atom. The number of ether oxygens (including phenoxy) is 2. The summed E-state index contributed by atoms with van der Waals surface area (Å²) in [6.07, 6.45) is 1.46. The van der Waals surface area contributed by atoms with Crippen LogP contribution in [-0.2, 0) is 9.53 Å². The number of carbonyl (C=O) groups excluding carboxylic acids is 1. The highest BCUT2D eigenvalue weighted by molar-refractivity contribution is 5.85. The van der Waals surface area contributed by atoms with E-state index in [0.717, 1.165) is 33.6 Å². The van der Waals surface area contributed by atoms with Crippen LogP contribution in [0, 0.1) is 0 Å². The molecule has 6 heteroatoms. The van der Waals surface area contributed by atoms with Gasteiger partial charge < -0.3 is 19.9 Å². The Balaban J connectivity index is 1.21. The molecule has 1 saturated carbocycles. The number of carboxylic acid groups (broad SMARTS) is 1. The van der Waals surface area contributed by atoms with Crippen LogP contribution in [0.15, 0.2) is 72.8 Å². The van der Waals surface area contributed by atoms with E-state index in [4.69, 9.17) is 9.47 Å². The van der Waals surface area contributed by atoms with E-state index in [-0.39, 0.29) is 24.5 Å². The van der Waals surface area contributed by atoms with Gasteiger partial charge in [-0.05, 0) is 85.4 Å². The highest BCUT2D eigenvalue weighted by Crippen LogP contribution is 2.44. The summed E-state index contributed by atoms with van der Waals surface area (Å²) in [5.74, 6) is -0.0197. The van der Waals surface area contributed by atoms with Crippen LogP contribution in [0.4, 0.5) is 4.79 Å². The smallest absolute Gasteiger partial charge is 0.408 e. The SMILES string of the molecule is CC(C)Oc1ccc(C2CCC(NC(=O)OCC3c4ccccc4-c4ccccc43)(C(=O)O)CC2)cc1. The van der Waals surface area contributed by atoms with Gasteiger partial charge in [-0.3, -0.25) is 0 Å². The third kappa shape index (κ3) is 5.06. The molecule has 3 aromatic carbocycles. The minimum absolute atomic E-state index is 0.0719. The Morgan fingerprint density at radius 2 is 1.49 bits per heavy atom. The molecule has 2 aliphatic rings. The van der Waals surface area contributed by atoms with E-state index < -0.39 is 17.6 Å². The third-order valence-corrected chi connectivity index (χ3v) is 7.66. The molecular weight excluding hydrogens is 466 g/mol. The van der Waals surface area contributed by atoms with E-state index in [0.29, 0.717) is 25.7 Å². The van der Waals surface area contributed by atoms with Crippen LogP contribution in [0.25, 0.3) is 11.1 Å². The fourth-order valence-corrected chi connectivity index (χ4v) is 5.76. The van der Waals surface area contributed by atoms with Crippen molar-refractivity contribution in [3.05, 3.63) is 89.5 Å². The molecule has 1 amide bonds. The van der Waals surface area contributed by atoms with Crippen LogP contribution >= 0.6 is 0 Å². The summed E-state index contributed by atoms with van der Waals surface area (Å²) in [5, 5.41) is 12.8. The molecule has 0 aromatic heterocycles. The highest BCUT2D eigenvalue weighted by atomic mass is 16.5. The van der Waals surface area contributed by atoms with Crippen molar-refractivity contribution in [2.45, 2.75) is 63.0 Å². The molecule has 0 radical (unpaired) electrons. The van der Waals surface area contributed by atoms with Gasteiger partial charge in [-0.2, -0.15) is 0 Å². The van der Waals surface area contributed by atoms with Crippen LogP contribution in [0.1, 0.15) is 68.1 Å². The number of carboxylic acids is 1. The van der Waals surface area contributed by atoms with E-state index in [9.17, 15) is 14.7 Å². The van der Waals surface area contributed by atoms with Gasteiger partial charge in [0.2, 0.25) is 0 Å². The number of nitrogens with one attached hydrogen (secondary N) is 1. The van der Waals surface area contributed by atoms with Gasteiger partial charge in [0.05, 0.1) is 6.10 Å². The second-order valence-electron chi connectivity index (χ2n) is 10.3. The van der Waals surface area contributed by atoms with Crippen LogP contribution < -0.4 is 10.1 Å². The summed E-state index contributed by atoms with van der Waals surface area (Å²) >= 11 is 0. The second kappa shape index (κ2) is 10.3. The predicted octanol–water partition coefficient (Wildman–Crippen LogP) is 6.49. The van der Waals surface area contributed by atoms with E-state index in [1.54, 1.807) is 0 Å². The van der Waals surface area contributed by atoms with Crippen molar-refractivity contribution in [3.63, 3.8) is 0 Å². The van der Waals surface area contributed by atoms with Gasteiger partial charge in [0.1, 0.15) is 17.9 Å². The number of alkyl carbamates (subject to hydrolysis) is 1. The van der Waals surface area contributed by atoms with Crippen molar-refractivity contribution < 1.29 is 24.2 Å². The van der Waals surface area contributed by atoms with Crippen molar-refractivity contribution in [2.24, 2.45) is 0 Å². The Kier molecular flexibility index (Phi) is 6.92. The Morgan fingerprint density at radius 1 is 0.919 bits per heavy atom. The van der Waals surface area contributed by atoms with Gasteiger partial charge in [0, 0.05) is 5.92 Å². The van der Waals surface area contributed by atoms with Crippen LogP contribution in [0.3, 0.4) is 0 Å². The molecule has 0 unspecified atom stereocenters. The first-order valence-corrected chi connectivity index (χ1v) is 13.0. The van der Waals surface area contributed by atoms with Crippen molar-refractivity contribution in [1.29, 1.82) is 0 Å². The molecular formula is C31H33NO5. The van der Waals surface area contributed by atoms with E-state index >= 15 is 0 Å². The molecule has 37 heavy (non-hydrogen) atoms. The molecule has 0 atom stereocenters. The molecule has 2 N–H and O–H groups in total. The van der Waals surface area contributed by atoms with E-state index in [1.807, 2.05) is 50.2 Å². The summed E-state index contributed by atoms with van der Waals surface area (Å²) < 4.78 is 11.4. The largest absolute Gasteiger partial charge is 0.491 e. The van der Waals surface area contributed by atoms with Crippen molar-refractivity contribution in [2.75, 3.05) is 6.61 Å². The number of aliphatic carboxylic acids is 1. The first-order valence-electron chi connectivity index (χ1n) is 13.0. The normalized spacial score (nSPS) is 20.7. The molecule has 1 fully saturated rings. The van der Waals surface area contributed by atoms with Crippen molar-refractivity contribution >= 4 is 12.1 Å². The average molecular weight is 500 g/mol. The molecule has 5 rings (SSSR count). The van der Waals surface area contributed by atoms with Crippen molar-refractivity contribution in [3.8, 4) is 16.9 Å². The lowest BCUT2D eigenvalue weighted by molar-refractivity contribution is -0.146. The molecule has 3 aromatic rings. The second-order valence-corrected chi connectivity index (χ2v) is 10.3. The maximum atomic E-state index is 12.9.